The van der Waals surface area contributed by atoms with Gasteiger partial charge in [0.25, 0.3) is 0 Å². The number of ether oxygens (including phenoxy) is 1. The van der Waals surface area contributed by atoms with Crippen LogP contribution in [-0.2, 0) is 9.53 Å². The molecule has 0 aromatic carbocycles. The molecular weight excluding hydrogens is 204 g/mol. The Morgan fingerprint density at radius 1 is 1.38 bits per heavy atom. The first kappa shape index (κ1) is 15.4. The standard InChI is InChI=1S/C12H26N2O2/c1-10(7-8-13)5-6-12(15)14(3)11(2)9-16-4/h10-11H,5-9,13H2,1-4H3. The number of likely N-dealkylation sites (N-methyl/N-ethyl adjacent to an activating group) is 1. The molecule has 0 saturated carbocycles. The lowest BCUT2D eigenvalue weighted by Gasteiger charge is -2.24. The van der Waals surface area contributed by atoms with Gasteiger partial charge in [0.2, 0.25) is 5.91 Å². The molecule has 2 atom stereocenters. The number of hydrogen-bond donors (Lipinski definition) is 1. The number of hydrogen-bond acceptors (Lipinski definition) is 3. The van der Waals surface area contributed by atoms with Crippen LogP contribution in [0.2, 0.25) is 0 Å². The van der Waals surface area contributed by atoms with E-state index in [1.54, 1.807) is 12.0 Å². The predicted molar refractivity (Wildman–Crippen MR) is 66.2 cm³/mol. The lowest BCUT2D eigenvalue weighted by Crippen LogP contribution is -2.37. The molecule has 2 unspecified atom stereocenters. The third kappa shape index (κ3) is 6.08. The van der Waals surface area contributed by atoms with E-state index in [2.05, 4.69) is 6.92 Å². The Morgan fingerprint density at radius 3 is 2.50 bits per heavy atom. The maximum Gasteiger partial charge on any atom is 0.222 e. The summed E-state index contributed by atoms with van der Waals surface area (Å²) in [6.07, 6.45) is 2.51. The van der Waals surface area contributed by atoms with Gasteiger partial charge in [-0.2, -0.15) is 0 Å². The third-order valence-electron chi connectivity index (χ3n) is 2.97. The van der Waals surface area contributed by atoms with Crippen molar-refractivity contribution in [3.8, 4) is 0 Å². The summed E-state index contributed by atoms with van der Waals surface area (Å²) in [5.74, 6) is 0.716. The van der Waals surface area contributed by atoms with Crippen molar-refractivity contribution in [2.75, 3.05) is 27.3 Å². The van der Waals surface area contributed by atoms with Crippen LogP contribution in [0.25, 0.3) is 0 Å². The van der Waals surface area contributed by atoms with Crippen molar-refractivity contribution in [1.82, 2.24) is 4.90 Å². The van der Waals surface area contributed by atoms with Crippen molar-refractivity contribution in [3.05, 3.63) is 0 Å². The number of nitrogens with two attached hydrogens (primary N) is 1. The summed E-state index contributed by atoms with van der Waals surface area (Å²) in [6.45, 7) is 5.41. The molecule has 0 bridgehead atoms. The zero-order valence-electron chi connectivity index (χ0n) is 11.0. The van der Waals surface area contributed by atoms with Gasteiger partial charge >= 0.3 is 0 Å². The quantitative estimate of drug-likeness (QED) is 0.682. The van der Waals surface area contributed by atoms with Gasteiger partial charge in [0.15, 0.2) is 0 Å². The minimum Gasteiger partial charge on any atom is -0.383 e. The van der Waals surface area contributed by atoms with Gasteiger partial charge in [-0.25, -0.2) is 0 Å². The van der Waals surface area contributed by atoms with Gasteiger partial charge in [-0.1, -0.05) is 6.92 Å². The Bertz CT molecular complexity index is 197. The minimum absolute atomic E-state index is 0.141. The van der Waals surface area contributed by atoms with E-state index in [1.807, 2.05) is 14.0 Å². The maximum absolute atomic E-state index is 11.8. The van der Waals surface area contributed by atoms with Crippen LogP contribution in [0.5, 0.6) is 0 Å². The molecule has 0 rings (SSSR count). The van der Waals surface area contributed by atoms with Crippen LogP contribution < -0.4 is 5.73 Å². The van der Waals surface area contributed by atoms with Crippen molar-refractivity contribution >= 4 is 5.91 Å². The monoisotopic (exact) mass is 230 g/mol. The first-order valence-electron chi connectivity index (χ1n) is 5.97. The molecular formula is C12H26N2O2. The normalized spacial score (nSPS) is 14.6. The average Bonchev–Trinajstić information content (AvgIpc) is 2.25. The lowest BCUT2D eigenvalue weighted by molar-refractivity contribution is -0.132. The lowest BCUT2D eigenvalue weighted by atomic mass is 10.0. The van der Waals surface area contributed by atoms with Gasteiger partial charge in [-0.15, -0.1) is 0 Å². The zero-order valence-corrected chi connectivity index (χ0v) is 11.0. The molecule has 0 aromatic heterocycles. The molecule has 1 amide bonds. The molecule has 16 heavy (non-hydrogen) atoms. The van der Waals surface area contributed by atoms with Crippen LogP contribution in [0.3, 0.4) is 0 Å². The second-order valence-corrected chi connectivity index (χ2v) is 4.53. The van der Waals surface area contributed by atoms with Crippen LogP contribution in [0.15, 0.2) is 0 Å². The van der Waals surface area contributed by atoms with Crippen molar-refractivity contribution < 1.29 is 9.53 Å². The van der Waals surface area contributed by atoms with E-state index in [0.717, 1.165) is 12.8 Å². The Kier molecular flexibility index (Phi) is 8.21. The average molecular weight is 230 g/mol. The van der Waals surface area contributed by atoms with E-state index in [0.29, 0.717) is 25.5 Å². The van der Waals surface area contributed by atoms with Crippen LogP contribution in [0.1, 0.15) is 33.1 Å². The van der Waals surface area contributed by atoms with E-state index < -0.39 is 0 Å². The second kappa shape index (κ2) is 8.53. The Morgan fingerprint density at radius 2 is 2.00 bits per heavy atom. The third-order valence-corrected chi connectivity index (χ3v) is 2.97. The topological polar surface area (TPSA) is 55.6 Å². The van der Waals surface area contributed by atoms with Gasteiger partial charge in [0.05, 0.1) is 12.6 Å². The highest BCUT2D eigenvalue weighted by Gasteiger charge is 2.15. The van der Waals surface area contributed by atoms with Gasteiger partial charge in [-0.3, -0.25) is 4.79 Å². The first-order chi connectivity index (χ1) is 7.52. The summed E-state index contributed by atoms with van der Waals surface area (Å²) < 4.78 is 5.03. The van der Waals surface area contributed by atoms with E-state index >= 15 is 0 Å². The molecule has 4 heteroatoms. The number of methoxy groups -OCH3 is 1. The Labute approximate surface area is 99.1 Å². The number of amides is 1. The molecule has 4 nitrogen and oxygen atoms in total. The molecule has 0 aromatic rings. The highest BCUT2D eigenvalue weighted by molar-refractivity contribution is 5.76. The number of carbonyl (C=O) groups is 1. The van der Waals surface area contributed by atoms with Crippen LogP contribution in [-0.4, -0.2) is 44.2 Å². The van der Waals surface area contributed by atoms with Crippen LogP contribution in [0, 0.1) is 5.92 Å². The Balaban J connectivity index is 3.87. The summed E-state index contributed by atoms with van der Waals surface area (Å²) in [4.78, 5) is 13.6. The molecule has 2 N–H and O–H groups in total. The fourth-order valence-electron chi connectivity index (χ4n) is 1.57. The smallest absolute Gasteiger partial charge is 0.222 e. The van der Waals surface area contributed by atoms with Crippen molar-refractivity contribution in [1.29, 1.82) is 0 Å². The van der Waals surface area contributed by atoms with Crippen molar-refractivity contribution in [3.63, 3.8) is 0 Å². The van der Waals surface area contributed by atoms with Gasteiger partial charge in [-0.05, 0) is 32.2 Å². The SMILES string of the molecule is COCC(C)N(C)C(=O)CCC(C)CCN. The molecule has 0 spiro atoms. The molecule has 0 fully saturated rings. The predicted octanol–water partition coefficient (Wildman–Crippen LogP) is 1.24. The molecule has 0 saturated heterocycles. The highest BCUT2D eigenvalue weighted by Crippen LogP contribution is 2.11. The minimum atomic E-state index is 0.141. The van der Waals surface area contributed by atoms with Gasteiger partial charge in [0.1, 0.15) is 0 Å². The number of rotatable bonds is 8. The molecule has 0 heterocycles. The van der Waals surface area contributed by atoms with Crippen LogP contribution >= 0.6 is 0 Å². The summed E-state index contributed by atoms with van der Waals surface area (Å²) in [7, 11) is 3.48. The summed E-state index contributed by atoms with van der Waals surface area (Å²) >= 11 is 0. The fraction of sp³-hybridized carbons (Fsp3) is 0.917. The number of nitrogens with zero attached hydrogens (tertiary/aromatic N) is 1. The largest absolute Gasteiger partial charge is 0.383 e. The summed E-state index contributed by atoms with van der Waals surface area (Å²) in [5.41, 5.74) is 5.47. The van der Waals surface area contributed by atoms with Crippen LogP contribution in [0.4, 0.5) is 0 Å². The molecule has 0 aliphatic rings. The van der Waals surface area contributed by atoms with Crippen molar-refractivity contribution in [2.45, 2.75) is 39.2 Å². The summed E-state index contributed by atoms with van der Waals surface area (Å²) in [5, 5.41) is 0. The van der Waals surface area contributed by atoms with Gasteiger partial charge < -0.3 is 15.4 Å². The molecule has 96 valence electrons. The second-order valence-electron chi connectivity index (χ2n) is 4.53. The van der Waals surface area contributed by atoms with Crippen molar-refractivity contribution in [2.24, 2.45) is 11.7 Å². The van der Waals surface area contributed by atoms with E-state index in [9.17, 15) is 4.79 Å². The highest BCUT2D eigenvalue weighted by atomic mass is 16.5. The van der Waals surface area contributed by atoms with Gasteiger partial charge in [0, 0.05) is 20.6 Å². The maximum atomic E-state index is 11.8. The number of carbonyl (C=O) groups excluding carboxylic acids is 1. The zero-order chi connectivity index (χ0) is 12.6. The summed E-state index contributed by atoms with van der Waals surface area (Å²) in [6, 6.07) is 0.141. The first-order valence-corrected chi connectivity index (χ1v) is 5.97. The molecule has 0 aliphatic carbocycles. The molecule has 0 radical (unpaired) electrons. The Hall–Kier alpha value is -0.610. The molecule has 0 aliphatic heterocycles. The fourth-order valence-corrected chi connectivity index (χ4v) is 1.57. The van der Waals surface area contributed by atoms with E-state index in [4.69, 9.17) is 10.5 Å². The van der Waals surface area contributed by atoms with E-state index in [1.165, 1.54) is 0 Å². The van der Waals surface area contributed by atoms with E-state index in [-0.39, 0.29) is 11.9 Å².